The van der Waals surface area contributed by atoms with Gasteiger partial charge in [-0.3, -0.25) is 38.4 Å². The minimum absolute atomic E-state index is 0.00258. The predicted octanol–water partition coefficient (Wildman–Crippen LogP) is 1.28. The molecule has 0 radical (unpaired) electrons. The van der Waals surface area contributed by atoms with Gasteiger partial charge in [-0.15, -0.1) is 18.9 Å². The summed E-state index contributed by atoms with van der Waals surface area (Å²) in [5.74, 6) is -2.81. The van der Waals surface area contributed by atoms with E-state index in [1.165, 1.54) is 63.2 Å². The van der Waals surface area contributed by atoms with Crippen LogP contribution in [0.1, 0.15) is 73.2 Å². The third-order valence-corrected chi connectivity index (χ3v) is 10.2. The van der Waals surface area contributed by atoms with Gasteiger partial charge in [0.1, 0.15) is 22.8 Å². The minimum atomic E-state index is -0.841. The molecule has 0 saturated carbocycles. The van der Waals surface area contributed by atoms with E-state index in [-0.39, 0.29) is 113 Å². The molecule has 0 atom stereocenters. The maximum absolute atomic E-state index is 13.9. The van der Waals surface area contributed by atoms with Crippen LogP contribution < -0.4 is 32.9 Å². The Morgan fingerprint density at radius 1 is 0.469 bits per heavy atom. The smallest absolute Gasteiger partial charge is 0.283 e. The number of amides is 4. The van der Waals surface area contributed by atoms with Crippen LogP contribution >= 0.6 is 0 Å². The van der Waals surface area contributed by atoms with Crippen molar-refractivity contribution in [3.63, 3.8) is 0 Å². The van der Waals surface area contributed by atoms with Gasteiger partial charge < -0.3 is 46.2 Å². The first kappa shape index (κ1) is 47.0. The summed E-state index contributed by atoms with van der Waals surface area (Å²) in [7, 11) is 1.79. The van der Waals surface area contributed by atoms with Gasteiger partial charge in [-0.2, -0.15) is 0 Å². The Hall–Kier alpha value is -8.10. The maximum atomic E-state index is 13.9. The molecule has 0 bridgehead atoms. The van der Waals surface area contributed by atoms with Crippen molar-refractivity contribution in [2.45, 2.75) is 32.1 Å². The quantitative estimate of drug-likeness (QED) is 0.0449. The molecule has 21 nitrogen and oxygen atoms in total. The molecular weight excluding hydrogens is 835 g/mol. The highest BCUT2D eigenvalue weighted by molar-refractivity contribution is 5.94. The van der Waals surface area contributed by atoms with E-state index >= 15 is 0 Å². The van der Waals surface area contributed by atoms with Crippen LogP contribution in [-0.2, 0) is 6.42 Å². The Labute approximate surface area is 364 Å². The number of nitrogens with zero attached hydrogens (tertiary/aromatic N) is 7. The van der Waals surface area contributed by atoms with Crippen molar-refractivity contribution < 1.29 is 40.0 Å². The van der Waals surface area contributed by atoms with Crippen LogP contribution in [-0.4, -0.2) is 131 Å². The second kappa shape index (κ2) is 22.1. The zero-order valence-corrected chi connectivity index (χ0v) is 34.9. The van der Waals surface area contributed by atoms with E-state index in [1.54, 1.807) is 7.05 Å². The molecule has 0 aliphatic carbocycles. The molecule has 0 unspecified atom stereocenters. The van der Waals surface area contributed by atoms with Gasteiger partial charge in [0.25, 0.3) is 45.9 Å². The molecule has 0 aliphatic heterocycles. The number of hydrogen-bond donors (Lipinski definition) is 6. The molecule has 5 rings (SSSR count). The van der Waals surface area contributed by atoms with Crippen molar-refractivity contribution >= 4 is 29.3 Å². The van der Waals surface area contributed by atoms with Gasteiger partial charge in [0.2, 0.25) is 0 Å². The lowest BCUT2D eigenvalue weighted by Gasteiger charge is -2.27. The van der Waals surface area contributed by atoms with Crippen molar-refractivity contribution in [1.29, 1.82) is 0 Å². The minimum Gasteiger partial charge on any atom is -0.425 e. The summed E-state index contributed by atoms with van der Waals surface area (Å²) >= 11 is 0. The van der Waals surface area contributed by atoms with Gasteiger partial charge >= 0.3 is 0 Å². The predicted molar refractivity (Wildman–Crippen MR) is 230 cm³/mol. The van der Waals surface area contributed by atoms with E-state index in [0.717, 1.165) is 35.5 Å². The Morgan fingerprint density at radius 2 is 0.828 bits per heavy atom. The highest BCUT2D eigenvalue weighted by Gasteiger charge is 2.24. The monoisotopic (exact) mass is 883 g/mol. The van der Waals surface area contributed by atoms with Crippen molar-refractivity contribution in [2.75, 3.05) is 58.2 Å². The van der Waals surface area contributed by atoms with Gasteiger partial charge in [0.05, 0.1) is 0 Å². The van der Waals surface area contributed by atoms with Crippen LogP contribution in [0.5, 0.6) is 0 Å². The molecule has 21 heteroatoms. The summed E-state index contributed by atoms with van der Waals surface area (Å²) in [6.45, 7) is 0.332. The first-order valence-corrected chi connectivity index (χ1v) is 20.3. The summed E-state index contributed by atoms with van der Waals surface area (Å²) in [6, 6.07) is 22.2. The van der Waals surface area contributed by atoms with Crippen LogP contribution in [0, 0.1) is 0 Å². The summed E-state index contributed by atoms with van der Waals surface area (Å²) < 4.78 is 0.913. The van der Waals surface area contributed by atoms with Crippen LogP contribution in [0.15, 0.2) is 116 Å². The van der Waals surface area contributed by atoms with E-state index in [9.17, 15) is 59.2 Å². The Morgan fingerprint density at radius 3 is 1.25 bits per heavy atom. The number of aromatic nitrogens is 4. The summed E-state index contributed by atoms with van der Waals surface area (Å²) in [5, 5.41) is 46.8. The molecule has 4 heterocycles. The van der Waals surface area contributed by atoms with E-state index in [2.05, 4.69) is 10.6 Å². The number of pyridine rings is 4. The maximum Gasteiger partial charge on any atom is 0.283 e. The third-order valence-electron chi connectivity index (χ3n) is 10.2. The molecule has 4 aromatic heterocycles. The Bertz CT molecular complexity index is 2690. The molecule has 0 spiro atoms. The van der Waals surface area contributed by atoms with Gasteiger partial charge in [0.15, 0.2) is 0 Å². The fraction of sp³-hybridized carbons (Fsp3) is 0.302. The topological polar surface area (TPSA) is 271 Å². The molecule has 0 fully saturated rings. The van der Waals surface area contributed by atoms with Crippen LogP contribution in [0.25, 0.3) is 0 Å². The molecule has 0 aliphatic rings. The number of anilines is 1. The van der Waals surface area contributed by atoms with Crippen molar-refractivity contribution in [1.82, 2.24) is 38.9 Å². The highest BCUT2D eigenvalue weighted by Crippen LogP contribution is 2.14. The Balaban J connectivity index is 1.30. The van der Waals surface area contributed by atoms with E-state index < -0.39 is 45.9 Å². The molecule has 64 heavy (non-hydrogen) atoms. The molecule has 0 saturated heterocycles. The van der Waals surface area contributed by atoms with Crippen LogP contribution in [0.2, 0.25) is 0 Å². The number of nitrogens with one attached hydrogen (secondary N) is 2. The molecular formula is C43H49N9O12. The highest BCUT2D eigenvalue weighted by atomic mass is 16.5. The molecule has 338 valence electrons. The van der Waals surface area contributed by atoms with E-state index in [1.807, 2.05) is 24.3 Å². The van der Waals surface area contributed by atoms with Crippen LogP contribution in [0.3, 0.4) is 0 Å². The van der Waals surface area contributed by atoms with Crippen molar-refractivity contribution in [2.24, 2.45) is 0 Å². The number of carbonyl (C=O) groups is 4. The number of hydrogen-bond acceptors (Lipinski definition) is 13. The van der Waals surface area contributed by atoms with Gasteiger partial charge in [-0.25, -0.2) is 0 Å². The second-order valence-electron chi connectivity index (χ2n) is 14.5. The van der Waals surface area contributed by atoms with Gasteiger partial charge in [-0.1, -0.05) is 36.4 Å². The summed E-state index contributed by atoms with van der Waals surface area (Å²) in [5.41, 5.74) is -2.70. The lowest BCUT2D eigenvalue weighted by molar-refractivity contribution is 0.0637. The number of unbranched alkanes of at least 4 members (excludes halogenated alkanes) is 1. The van der Waals surface area contributed by atoms with Crippen molar-refractivity contribution in [3.05, 3.63) is 167 Å². The first-order chi connectivity index (χ1) is 30.7. The fourth-order valence-electron chi connectivity index (χ4n) is 6.74. The van der Waals surface area contributed by atoms with Gasteiger partial charge in [0, 0.05) is 82.8 Å². The second-order valence-corrected chi connectivity index (χ2v) is 14.5. The standard InChI is InChI=1S/C43H49N9O12/c1-44-31-20-18-30(19-21-31)22-29-48(43(60)35-13-7-17-39(56)52(35)64)28-9-27-47(42(59)34-12-6-16-38(55)51(34)63)25-3-2-24-46(41(58)33-11-5-15-37(54)50(33)62)26-8-23-45-40(57)32-10-4-14-36(53)49(32)61/h4-7,10-21,44,61-64H,2-3,8-9,22-29H2,1H3,(H,45,57). The van der Waals surface area contributed by atoms with Crippen LogP contribution in [0.4, 0.5) is 5.69 Å². The fourth-order valence-corrected chi connectivity index (χ4v) is 6.74. The lowest BCUT2D eigenvalue weighted by atomic mass is 10.1. The van der Waals surface area contributed by atoms with Crippen molar-refractivity contribution in [3.8, 4) is 0 Å². The molecule has 4 amide bonds. The SMILES string of the molecule is CNc1ccc(CCN(CCCN(CCCCN(CCCNC(=O)c2cccc(=O)n2O)C(=O)c2cccc(=O)n2O)C(=O)c2cccc(=O)n2O)C(=O)c2cccc(=O)n2O)cc1. The molecule has 1 aromatic carbocycles. The number of benzene rings is 1. The lowest BCUT2D eigenvalue weighted by Crippen LogP contribution is -2.41. The molecule has 5 aromatic rings. The summed E-state index contributed by atoms with van der Waals surface area (Å²) in [6.07, 6.45) is 1.26. The Kier molecular flexibility index (Phi) is 16.2. The number of carbonyl (C=O) groups excluding carboxylic acids is 4. The first-order valence-electron chi connectivity index (χ1n) is 20.3. The molecule has 6 N–H and O–H groups in total. The zero-order chi connectivity index (χ0) is 46.3. The average Bonchev–Trinajstić information content (AvgIpc) is 3.29. The third kappa shape index (κ3) is 11.8. The largest absolute Gasteiger partial charge is 0.425 e. The number of rotatable bonds is 21. The normalized spacial score (nSPS) is 10.8. The van der Waals surface area contributed by atoms with E-state index in [4.69, 9.17) is 0 Å². The van der Waals surface area contributed by atoms with E-state index in [0.29, 0.717) is 6.42 Å². The average molecular weight is 884 g/mol. The van der Waals surface area contributed by atoms with Gasteiger partial charge in [-0.05, 0) is 74.1 Å². The summed E-state index contributed by atoms with van der Waals surface area (Å²) in [4.78, 5) is 107. The zero-order valence-electron chi connectivity index (χ0n) is 34.9.